The molecule has 0 fully saturated rings. The molecule has 0 bridgehead atoms. The highest BCUT2D eigenvalue weighted by Gasteiger charge is 2.11. The van der Waals surface area contributed by atoms with E-state index in [4.69, 9.17) is 0 Å². The maximum absolute atomic E-state index is 13.6. The second kappa shape index (κ2) is 11.0. The predicted molar refractivity (Wildman–Crippen MR) is 116 cm³/mol. The van der Waals surface area contributed by atoms with Gasteiger partial charge in [0.2, 0.25) is 0 Å². The molecular weight excluding hydrogens is 410 g/mol. The van der Waals surface area contributed by atoms with Gasteiger partial charge in [-0.2, -0.15) is 0 Å². The van der Waals surface area contributed by atoms with Gasteiger partial charge in [-0.05, 0) is 48.0 Å². The summed E-state index contributed by atoms with van der Waals surface area (Å²) in [5.74, 6) is -0.296. The number of likely N-dealkylation sites (N-methyl/N-ethyl adjacent to an activating group) is 1. The molecule has 0 saturated heterocycles. The minimum atomic E-state index is -3.23. The van der Waals surface area contributed by atoms with Crippen molar-refractivity contribution in [3.8, 4) is 0 Å². The molecule has 0 unspecified atom stereocenters. The number of guanidine groups is 1. The van der Waals surface area contributed by atoms with Crippen LogP contribution in [0.15, 0.2) is 47.5 Å². The van der Waals surface area contributed by atoms with Crippen LogP contribution in [0.3, 0.4) is 0 Å². The van der Waals surface area contributed by atoms with Crippen molar-refractivity contribution in [1.82, 2.24) is 15.5 Å². The first-order valence-electron chi connectivity index (χ1n) is 9.49. The molecule has 2 aromatic carbocycles. The van der Waals surface area contributed by atoms with Gasteiger partial charge in [0.05, 0.1) is 5.75 Å². The Labute approximate surface area is 176 Å². The summed E-state index contributed by atoms with van der Waals surface area (Å²) in [7, 11) is 0.358. The Balaban J connectivity index is 1.85. The molecule has 9 heteroatoms. The molecule has 2 aromatic rings. The molecule has 0 amide bonds. The van der Waals surface area contributed by atoms with Gasteiger partial charge in [0.15, 0.2) is 15.8 Å². The number of hydrogen-bond acceptors (Lipinski definition) is 4. The highest BCUT2D eigenvalue weighted by molar-refractivity contribution is 7.89. The zero-order chi connectivity index (χ0) is 22.1. The third kappa shape index (κ3) is 8.46. The van der Waals surface area contributed by atoms with Crippen LogP contribution < -0.4 is 10.6 Å². The normalized spacial score (nSPS) is 12.3. The van der Waals surface area contributed by atoms with Crippen molar-refractivity contribution in [3.05, 3.63) is 70.8 Å². The van der Waals surface area contributed by atoms with E-state index in [1.54, 1.807) is 19.2 Å². The summed E-state index contributed by atoms with van der Waals surface area (Å²) in [5.41, 5.74) is 2.14. The summed E-state index contributed by atoms with van der Waals surface area (Å²) in [5, 5.41) is 6.26. The van der Waals surface area contributed by atoms with Crippen molar-refractivity contribution in [2.24, 2.45) is 4.99 Å². The number of nitrogens with zero attached hydrogens (tertiary/aromatic N) is 2. The van der Waals surface area contributed by atoms with Gasteiger partial charge in [0, 0.05) is 39.5 Å². The number of aliphatic imine (C=N–C) groups is 1. The van der Waals surface area contributed by atoms with Crippen molar-refractivity contribution in [2.75, 3.05) is 33.4 Å². The van der Waals surface area contributed by atoms with Crippen LogP contribution in [0, 0.1) is 11.6 Å². The van der Waals surface area contributed by atoms with E-state index in [2.05, 4.69) is 20.5 Å². The van der Waals surface area contributed by atoms with Crippen molar-refractivity contribution in [1.29, 1.82) is 0 Å². The van der Waals surface area contributed by atoms with E-state index in [1.165, 1.54) is 30.3 Å². The molecule has 30 heavy (non-hydrogen) atoms. The maximum Gasteiger partial charge on any atom is 0.191 e. The molecule has 0 radical (unpaired) electrons. The number of hydrogen-bond donors (Lipinski definition) is 2. The summed E-state index contributed by atoms with van der Waals surface area (Å²) in [6.07, 6.45) is 1.15. The number of nitrogens with one attached hydrogen (secondary N) is 2. The lowest BCUT2D eigenvalue weighted by Gasteiger charge is -2.19. The van der Waals surface area contributed by atoms with Gasteiger partial charge in [-0.1, -0.05) is 18.2 Å². The van der Waals surface area contributed by atoms with Crippen LogP contribution in [0.2, 0.25) is 0 Å². The first-order chi connectivity index (χ1) is 14.2. The molecule has 2 N–H and O–H groups in total. The van der Waals surface area contributed by atoms with Crippen LogP contribution in [-0.2, 0) is 28.7 Å². The zero-order valence-electron chi connectivity index (χ0n) is 17.5. The fourth-order valence-electron chi connectivity index (χ4n) is 2.93. The van der Waals surface area contributed by atoms with E-state index < -0.39 is 15.7 Å². The third-order valence-corrected chi connectivity index (χ3v) is 5.24. The average Bonchev–Trinajstić information content (AvgIpc) is 2.67. The van der Waals surface area contributed by atoms with E-state index in [-0.39, 0.29) is 18.1 Å². The Hall–Kier alpha value is -2.52. The summed E-state index contributed by atoms with van der Waals surface area (Å²) in [6, 6.07) is 10.5. The lowest BCUT2D eigenvalue weighted by Crippen LogP contribution is -2.40. The topological polar surface area (TPSA) is 73.8 Å². The summed E-state index contributed by atoms with van der Waals surface area (Å²) < 4.78 is 49.8. The third-order valence-electron chi connectivity index (χ3n) is 4.41. The molecular formula is C21H28F2N4O2S. The minimum Gasteiger partial charge on any atom is -0.355 e. The number of sulfone groups is 1. The largest absolute Gasteiger partial charge is 0.355 e. The molecule has 0 heterocycles. The molecule has 0 spiro atoms. The standard InChI is InChI=1S/C21H28F2N4O2S/c1-24-21(25-10-11-27(2)14-16-4-7-19(22)8-5-16)26-13-18-12-20(23)9-6-17(18)15-30(3,28)29/h4-9,12H,10-11,13-15H2,1-3H3,(H2,24,25,26). The van der Waals surface area contributed by atoms with Crippen LogP contribution in [0.25, 0.3) is 0 Å². The Morgan fingerprint density at radius 2 is 1.70 bits per heavy atom. The monoisotopic (exact) mass is 438 g/mol. The predicted octanol–water partition coefficient (Wildman–Crippen LogP) is 2.31. The first kappa shape index (κ1) is 23.8. The van der Waals surface area contributed by atoms with E-state index in [0.29, 0.717) is 30.2 Å². The molecule has 0 saturated carbocycles. The highest BCUT2D eigenvalue weighted by Crippen LogP contribution is 2.14. The smallest absolute Gasteiger partial charge is 0.191 e. The highest BCUT2D eigenvalue weighted by atomic mass is 32.2. The van der Waals surface area contributed by atoms with Gasteiger partial charge >= 0.3 is 0 Å². The second-order valence-corrected chi connectivity index (χ2v) is 9.34. The molecule has 0 atom stereocenters. The van der Waals surface area contributed by atoms with Crippen LogP contribution in [-0.4, -0.2) is 52.7 Å². The molecule has 6 nitrogen and oxygen atoms in total. The van der Waals surface area contributed by atoms with Gasteiger partial charge in [-0.3, -0.25) is 4.99 Å². The van der Waals surface area contributed by atoms with Crippen LogP contribution >= 0.6 is 0 Å². The summed E-state index contributed by atoms with van der Waals surface area (Å²) in [6.45, 7) is 2.26. The van der Waals surface area contributed by atoms with Crippen molar-refractivity contribution in [2.45, 2.75) is 18.8 Å². The van der Waals surface area contributed by atoms with Gasteiger partial charge in [-0.15, -0.1) is 0 Å². The van der Waals surface area contributed by atoms with Crippen molar-refractivity contribution in [3.63, 3.8) is 0 Å². The van der Waals surface area contributed by atoms with Crippen LogP contribution in [0.5, 0.6) is 0 Å². The second-order valence-electron chi connectivity index (χ2n) is 7.20. The number of benzene rings is 2. The molecule has 0 aliphatic rings. The van der Waals surface area contributed by atoms with Crippen molar-refractivity contribution < 1.29 is 17.2 Å². The fraction of sp³-hybridized carbons (Fsp3) is 0.381. The minimum absolute atomic E-state index is 0.148. The lowest BCUT2D eigenvalue weighted by atomic mass is 10.1. The Bertz CT molecular complexity index is 963. The Morgan fingerprint density at radius 3 is 2.33 bits per heavy atom. The quantitative estimate of drug-likeness (QED) is 0.464. The van der Waals surface area contributed by atoms with Gasteiger partial charge < -0.3 is 15.5 Å². The van der Waals surface area contributed by atoms with E-state index in [0.717, 1.165) is 18.4 Å². The zero-order valence-corrected chi connectivity index (χ0v) is 18.3. The van der Waals surface area contributed by atoms with Crippen LogP contribution in [0.1, 0.15) is 16.7 Å². The average molecular weight is 439 g/mol. The number of rotatable bonds is 9. The van der Waals surface area contributed by atoms with E-state index in [9.17, 15) is 17.2 Å². The van der Waals surface area contributed by atoms with E-state index in [1.807, 2.05) is 7.05 Å². The number of halogens is 2. The molecule has 164 valence electrons. The van der Waals surface area contributed by atoms with Crippen molar-refractivity contribution >= 4 is 15.8 Å². The SMILES string of the molecule is CN=C(NCCN(C)Cc1ccc(F)cc1)NCc1cc(F)ccc1CS(C)(=O)=O. The molecule has 0 aliphatic carbocycles. The van der Waals surface area contributed by atoms with E-state index >= 15 is 0 Å². The molecule has 0 aromatic heterocycles. The lowest BCUT2D eigenvalue weighted by molar-refractivity contribution is 0.331. The molecule has 2 rings (SSSR count). The summed E-state index contributed by atoms with van der Waals surface area (Å²) >= 11 is 0. The van der Waals surface area contributed by atoms with Crippen LogP contribution in [0.4, 0.5) is 8.78 Å². The Kier molecular flexibility index (Phi) is 8.73. The fourth-order valence-corrected chi connectivity index (χ4v) is 3.77. The van der Waals surface area contributed by atoms with Gasteiger partial charge in [-0.25, -0.2) is 17.2 Å². The maximum atomic E-state index is 13.6. The summed E-state index contributed by atoms with van der Waals surface area (Å²) in [4.78, 5) is 6.23. The van der Waals surface area contributed by atoms with Gasteiger partial charge in [0.1, 0.15) is 11.6 Å². The van der Waals surface area contributed by atoms with Gasteiger partial charge in [0.25, 0.3) is 0 Å². The first-order valence-corrected chi connectivity index (χ1v) is 11.5. The Morgan fingerprint density at radius 1 is 1.03 bits per heavy atom. The molecule has 0 aliphatic heterocycles.